The molecule has 0 atom stereocenters. The van der Waals surface area contributed by atoms with Crippen molar-refractivity contribution in [2.45, 2.75) is 11.8 Å². The monoisotopic (exact) mass is 295 g/mol. The number of fused-ring (bicyclic) bond motifs is 1. The summed E-state index contributed by atoms with van der Waals surface area (Å²) >= 11 is 0. The summed E-state index contributed by atoms with van der Waals surface area (Å²) in [6.07, 6.45) is 5.55. The van der Waals surface area contributed by atoms with Crippen LogP contribution in [0.25, 0.3) is 10.9 Å². The zero-order valence-corrected chi connectivity index (χ0v) is 12.3. The number of hydrogen-bond acceptors (Lipinski definition) is 2. The van der Waals surface area contributed by atoms with E-state index < -0.39 is 10.0 Å². The Balaban J connectivity index is 2.42. The standard InChI is InChI=1S/C17H13NO2S/c1-3-15-13(2)18(17-12-8-7-11-16(15)17)21(19,20)14-9-5-4-6-10-14/h1,4-12H,2H3. The Morgan fingerprint density at radius 3 is 2.29 bits per heavy atom. The Morgan fingerprint density at radius 1 is 1.00 bits per heavy atom. The lowest BCUT2D eigenvalue weighted by atomic mass is 10.1. The molecule has 0 fully saturated rings. The summed E-state index contributed by atoms with van der Waals surface area (Å²) in [6.45, 7) is 1.73. The fourth-order valence-electron chi connectivity index (χ4n) is 2.53. The second kappa shape index (κ2) is 4.80. The molecule has 1 heterocycles. The summed E-state index contributed by atoms with van der Waals surface area (Å²) in [6, 6.07) is 15.6. The van der Waals surface area contributed by atoms with Gasteiger partial charge < -0.3 is 0 Å². The Bertz CT molecular complexity index is 961. The van der Waals surface area contributed by atoms with E-state index in [9.17, 15) is 8.42 Å². The maximum atomic E-state index is 12.9. The number of hydrogen-bond donors (Lipinski definition) is 0. The van der Waals surface area contributed by atoms with Gasteiger partial charge in [-0.15, -0.1) is 6.42 Å². The number of terminal acetylenes is 1. The van der Waals surface area contributed by atoms with Crippen LogP contribution in [0.3, 0.4) is 0 Å². The van der Waals surface area contributed by atoms with E-state index >= 15 is 0 Å². The molecule has 0 radical (unpaired) electrons. The zero-order valence-electron chi connectivity index (χ0n) is 11.4. The number of aromatic nitrogens is 1. The first-order chi connectivity index (χ1) is 10.1. The number of nitrogens with zero attached hydrogens (tertiary/aromatic N) is 1. The van der Waals surface area contributed by atoms with Crippen molar-refractivity contribution in [3.63, 3.8) is 0 Å². The molecule has 4 heteroatoms. The van der Waals surface area contributed by atoms with E-state index in [1.807, 2.05) is 12.1 Å². The van der Waals surface area contributed by atoms with Crippen LogP contribution in [0.15, 0.2) is 59.5 Å². The fraction of sp³-hybridized carbons (Fsp3) is 0.0588. The minimum absolute atomic E-state index is 0.248. The number of benzene rings is 2. The highest BCUT2D eigenvalue weighted by molar-refractivity contribution is 7.90. The van der Waals surface area contributed by atoms with Gasteiger partial charge in [-0.25, -0.2) is 12.4 Å². The van der Waals surface area contributed by atoms with Crippen LogP contribution in [0.2, 0.25) is 0 Å². The van der Waals surface area contributed by atoms with E-state index in [4.69, 9.17) is 6.42 Å². The molecule has 3 aromatic rings. The summed E-state index contributed by atoms with van der Waals surface area (Å²) < 4.78 is 27.1. The third-order valence-electron chi connectivity index (χ3n) is 3.48. The molecule has 0 saturated carbocycles. The molecule has 21 heavy (non-hydrogen) atoms. The molecular formula is C17H13NO2S. The van der Waals surface area contributed by atoms with Crippen LogP contribution >= 0.6 is 0 Å². The fourth-order valence-corrected chi connectivity index (χ4v) is 4.11. The van der Waals surface area contributed by atoms with Crippen LogP contribution in [0.1, 0.15) is 11.3 Å². The largest absolute Gasteiger partial charge is 0.268 e. The topological polar surface area (TPSA) is 39.1 Å². The van der Waals surface area contributed by atoms with Gasteiger partial charge in [-0.05, 0) is 25.1 Å². The molecule has 2 aromatic carbocycles. The van der Waals surface area contributed by atoms with Crippen molar-refractivity contribution in [3.8, 4) is 12.3 Å². The summed E-state index contributed by atoms with van der Waals surface area (Å²) in [5, 5.41) is 0.775. The normalized spacial score (nSPS) is 11.4. The highest BCUT2D eigenvalue weighted by Crippen LogP contribution is 2.29. The molecule has 0 aliphatic carbocycles. The maximum Gasteiger partial charge on any atom is 0.268 e. The molecule has 0 N–H and O–H groups in total. The van der Waals surface area contributed by atoms with Crippen molar-refractivity contribution >= 4 is 20.9 Å². The second-order valence-electron chi connectivity index (χ2n) is 4.70. The smallest absolute Gasteiger partial charge is 0.237 e. The van der Waals surface area contributed by atoms with Crippen molar-refractivity contribution in [1.29, 1.82) is 0 Å². The first kappa shape index (κ1) is 13.5. The highest BCUT2D eigenvalue weighted by Gasteiger charge is 2.23. The third kappa shape index (κ3) is 1.94. The van der Waals surface area contributed by atoms with E-state index in [1.165, 1.54) is 3.97 Å². The van der Waals surface area contributed by atoms with E-state index in [0.717, 1.165) is 5.39 Å². The Morgan fingerprint density at radius 2 is 1.62 bits per heavy atom. The molecule has 0 bridgehead atoms. The van der Waals surface area contributed by atoms with Crippen LogP contribution < -0.4 is 0 Å². The van der Waals surface area contributed by atoms with E-state index in [1.54, 1.807) is 49.4 Å². The summed E-state index contributed by atoms with van der Waals surface area (Å²) in [7, 11) is -3.66. The first-order valence-electron chi connectivity index (χ1n) is 6.44. The lowest BCUT2D eigenvalue weighted by molar-refractivity contribution is 0.588. The van der Waals surface area contributed by atoms with Crippen molar-refractivity contribution in [2.24, 2.45) is 0 Å². The van der Waals surface area contributed by atoms with Crippen LogP contribution in [-0.4, -0.2) is 12.4 Å². The SMILES string of the molecule is C#Cc1c(C)n(S(=O)(=O)c2ccccc2)c2ccccc12. The zero-order chi connectivity index (χ0) is 15.0. The summed E-state index contributed by atoms with van der Waals surface area (Å²) in [5.41, 5.74) is 1.78. The second-order valence-corrected chi connectivity index (χ2v) is 6.49. The Labute approximate surface area is 123 Å². The van der Waals surface area contributed by atoms with E-state index in [2.05, 4.69) is 5.92 Å². The molecule has 0 aliphatic heterocycles. The van der Waals surface area contributed by atoms with Crippen molar-refractivity contribution in [3.05, 3.63) is 65.9 Å². The molecule has 3 nitrogen and oxygen atoms in total. The lowest BCUT2D eigenvalue weighted by Crippen LogP contribution is -2.14. The van der Waals surface area contributed by atoms with Crippen molar-refractivity contribution in [1.82, 2.24) is 3.97 Å². The Hall–Kier alpha value is -2.51. The van der Waals surface area contributed by atoms with Gasteiger partial charge in [-0.2, -0.15) is 0 Å². The molecule has 0 aliphatic rings. The van der Waals surface area contributed by atoms with Gasteiger partial charge in [0, 0.05) is 11.1 Å². The van der Waals surface area contributed by atoms with E-state index in [-0.39, 0.29) is 4.90 Å². The van der Waals surface area contributed by atoms with Gasteiger partial charge in [0.15, 0.2) is 0 Å². The van der Waals surface area contributed by atoms with Crippen molar-refractivity contribution in [2.75, 3.05) is 0 Å². The molecule has 0 spiro atoms. The third-order valence-corrected chi connectivity index (χ3v) is 5.30. The molecule has 0 saturated heterocycles. The van der Waals surface area contributed by atoms with Gasteiger partial charge in [0.1, 0.15) is 0 Å². The first-order valence-corrected chi connectivity index (χ1v) is 7.88. The molecule has 0 unspecified atom stereocenters. The molecule has 3 rings (SSSR count). The van der Waals surface area contributed by atoms with Gasteiger partial charge in [0.05, 0.1) is 16.0 Å². The minimum Gasteiger partial charge on any atom is -0.237 e. The highest BCUT2D eigenvalue weighted by atomic mass is 32.2. The number of para-hydroxylation sites is 1. The van der Waals surface area contributed by atoms with Gasteiger partial charge in [0.2, 0.25) is 0 Å². The summed E-state index contributed by atoms with van der Waals surface area (Å²) in [4.78, 5) is 0.248. The van der Waals surface area contributed by atoms with Gasteiger partial charge in [0.25, 0.3) is 10.0 Å². The van der Waals surface area contributed by atoms with Crippen molar-refractivity contribution < 1.29 is 8.42 Å². The lowest BCUT2D eigenvalue weighted by Gasteiger charge is -2.09. The predicted octanol–water partition coefficient (Wildman–Crippen LogP) is 3.17. The van der Waals surface area contributed by atoms with Gasteiger partial charge in [-0.3, -0.25) is 0 Å². The van der Waals surface area contributed by atoms with Crippen LogP contribution in [0.4, 0.5) is 0 Å². The molecular weight excluding hydrogens is 282 g/mol. The average molecular weight is 295 g/mol. The predicted molar refractivity (Wildman–Crippen MR) is 83.6 cm³/mol. The average Bonchev–Trinajstić information content (AvgIpc) is 2.80. The van der Waals surface area contributed by atoms with Gasteiger partial charge in [-0.1, -0.05) is 42.3 Å². The van der Waals surface area contributed by atoms with Crippen LogP contribution in [0, 0.1) is 19.3 Å². The Kier molecular flexibility index (Phi) is 3.08. The molecule has 0 amide bonds. The quantitative estimate of drug-likeness (QED) is 0.681. The molecule has 1 aromatic heterocycles. The van der Waals surface area contributed by atoms with Gasteiger partial charge >= 0.3 is 0 Å². The van der Waals surface area contributed by atoms with E-state index in [0.29, 0.717) is 16.8 Å². The maximum absolute atomic E-state index is 12.9. The minimum atomic E-state index is -3.66. The van der Waals surface area contributed by atoms with Crippen LogP contribution in [0.5, 0.6) is 0 Å². The van der Waals surface area contributed by atoms with Crippen LogP contribution in [-0.2, 0) is 10.0 Å². The molecule has 104 valence electrons. The summed E-state index contributed by atoms with van der Waals surface area (Å²) in [5.74, 6) is 2.60. The number of rotatable bonds is 2.